The molecule has 1 fully saturated rings. The van der Waals surface area contributed by atoms with Crippen LogP contribution in [0.3, 0.4) is 0 Å². The van der Waals surface area contributed by atoms with Gasteiger partial charge in [-0.25, -0.2) is 0 Å². The Kier molecular flexibility index (Phi) is 4.98. The third-order valence-electron chi connectivity index (χ3n) is 3.61. The molecule has 5 heteroatoms. The van der Waals surface area contributed by atoms with Crippen molar-refractivity contribution in [3.05, 3.63) is 35.9 Å². The van der Waals surface area contributed by atoms with Crippen molar-refractivity contribution in [3.63, 3.8) is 0 Å². The summed E-state index contributed by atoms with van der Waals surface area (Å²) in [6, 6.07) is 7.23. The monoisotopic (exact) mass is 289 g/mol. The number of carbonyl (C=O) groups excluding carboxylic acids is 1. The van der Waals surface area contributed by atoms with Gasteiger partial charge in [-0.15, -0.1) is 0 Å². The minimum atomic E-state index is -0.867. The van der Waals surface area contributed by atoms with E-state index in [2.05, 4.69) is 0 Å². The zero-order valence-electron chi connectivity index (χ0n) is 12.0. The van der Waals surface area contributed by atoms with Crippen molar-refractivity contribution in [1.82, 2.24) is 4.90 Å². The summed E-state index contributed by atoms with van der Waals surface area (Å²) in [6.45, 7) is 0.618. The van der Waals surface area contributed by atoms with E-state index in [1.54, 1.807) is 18.1 Å². The molecule has 1 atom stereocenters. The molecule has 0 radical (unpaired) electrons. The van der Waals surface area contributed by atoms with Crippen LogP contribution in [0, 0.1) is 0 Å². The molecule has 0 spiro atoms. The van der Waals surface area contributed by atoms with Gasteiger partial charge in [-0.3, -0.25) is 9.59 Å². The molecule has 1 aliphatic rings. The normalized spacial score (nSPS) is 18.1. The molecule has 1 N–H and O–H groups in total. The second-order valence-corrected chi connectivity index (χ2v) is 5.00. The quantitative estimate of drug-likeness (QED) is 0.844. The highest BCUT2D eigenvalue weighted by Gasteiger charge is 2.29. The van der Waals surface area contributed by atoms with E-state index in [1.807, 2.05) is 24.3 Å². The molecular weight excluding hydrogens is 270 g/mol. The number of aliphatic carboxylic acids is 1. The minimum Gasteiger partial charge on any atom is -0.496 e. The van der Waals surface area contributed by atoms with Crippen LogP contribution in [-0.2, 0) is 9.59 Å². The van der Waals surface area contributed by atoms with E-state index in [1.165, 1.54) is 6.08 Å². The maximum absolute atomic E-state index is 12.2. The molecule has 1 heterocycles. The number of amides is 1. The van der Waals surface area contributed by atoms with Crippen LogP contribution in [0.1, 0.15) is 24.8 Å². The van der Waals surface area contributed by atoms with Gasteiger partial charge in [0, 0.05) is 24.2 Å². The molecule has 0 bridgehead atoms. The van der Waals surface area contributed by atoms with Crippen molar-refractivity contribution in [3.8, 4) is 5.75 Å². The van der Waals surface area contributed by atoms with Gasteiger partial charge in [0.15, 0.2) is 0 Å². The highest BCUT2D eigenvalue weighted by molar-refractivity contribution is 5.92. The first-order valence-electron chi connectivity index (χ1n) is 6.95. The average Bonchev–Trinajstić information content (AvgIpc) is 2.92. The van der Waals surface area contributed by atoms with E-state index < -0.39 is 5.97 Å². The number of rotatable bonds is 5. The van der Waals surface area contributed by atoms with Crippen LogP contribution in [0.2, 0.25) is 0 Å². The summed E-state index contributed by atoms with van der Waals surface area (Å²) >= 11 is 0. The summed E-state index contributed by atoms with van der Waals surface area (Å²) in [5.74, 6) is -0.317. The molecule has 0 saturated carbocycles. The van der Waals surface area contributed by atoms with Crippen molar-refractivity contribution in [2.75, 3.05) is 13.7 Å². The van der Waals surface area contributed by atoms with Crippen LogP contribution < -0.4 is 4.74 Å². The molecule has 1 aromatic carbocycles. The van der Waals surface area contributed by atoms with E-state index in [0.29, 0.717) is 12.3 Å². The molecule has 1 amide bonds. The van der Waals surface area contributed by atoms with Gasteiger partial charge in [-0.1, -0.05) is 18.2 Å². The predicted molar refractivity (Wildman–Crippen MR) is 79.0 cm³/mol. The number of carbonyl (C=O) groups is 2. The van der Waals surface area contributed by atoms with Gasteiger partial charge in [0.25, 0.3) is 0 Å². The van der Waals surface area contributed by atoms with Crippen LogP contribution in [0.15, 0.2) is 30.3 Å². The smallest absolute Gasteiger partial charge is 0.305 e. The van der Waals surface area contributed by atoms with Crippen LogP contribution in [-0.4, -0.2) is 41.6 Å². The number of hydrogen-bond acceptors (Lipinski definition) is 3. The van der Waals surface area contributed by atoms with E-state index in [9.17, 15) is 9.59 Å². The number of methoxy groups -OCH3 is 1. The first-order chi connectivity index (χ1) is 10.1. The molecular formula is C16H19NO4. The number of benzene rings is 1. The zero-order valence-corrected chi connectivity index (χ0v) is 12.0. The van der Waals surface area contributed by atoms with Gasteiger partial charge >= 0.3 is 5.97 Å². The molecule has 112 valence electrons. The Balaban J connectivity index is 2.06. The number of carboxylic acid groups (broad SMARTS) is 1. The summed E-state index contributed by atoms with van der Waals surface area (Å²) in [4.78, 5) is 24.7. The van der Waals surface area contributed by atoms with Crippen molar-refractivity contribution in [1.29, 1.82) is 0 Å². The molecule has 2 rings (SSSR count). The summed E-state index contributed by atoms with van der Waals surface area (Å²) < 4.78 is 5.22. The number of para-hydroxylation sites is 1. The van der Waals surface area contributed by atoms with Gasteiger partial charge in [0.2, 0.25) is 5.91 Å². The van der Waals surface area contributed by atoms with Gasteiger partial charge in [0.05, 0.1) is 13.5 Å². The molecule has 0 aliphatic carbocycles. The molecule has 1 saturated heterocycles. The maximum Gasteiger partial charge on any atom is 0.305 e. The highest BCUT2D eigenvalue weighted by Crippen LogP contribution is 2.22. The van der Waals surface area contributed by atoms with Crippen LogP contribution in [0.5, 0.6) is 5.75 Å². The molecule has 1 unspecified atom stereocenters. The zero-order chi connectivity index (χ0) is 15.2. The van der Waals surface area contributed by atoms with Crippen molar-refractivity contribution >= 4 is 18.0 Å². The Labute approximate surface area is 123 Å². The largest absolute Gasteiger partial charge is 0.496 e. The van der Waals surface area contributed by atoms with Crippen LogP contribution in [0.4, 0.5) is 0 Å². The molecule has 5 nitrogen and oxygen atoms in total. The highest BCUT2D eigenvalue weighted by atomic mass is 16.5. The SMILES string of the molecule is COc1ccccc1C=CC(=O)N1CCCC1CC(=O)O. The number of hydrogen-bond donors (Lipinski definition) is 1. The lowest BCUT2D eigenvalue weighted by Crippen LogP contribution is -2.35. The lowest BCUT2D eigenvalue weighted by molar-refractivity contribution is -0.139. The Morgan fingerprint density at radius 2 is 2.19 bits per heavy atom. The molecule has 1 aromatic rings. The second kappa shape index (κ2) is 6.92. The fraction of sp³-hybridized carbons (Fsp3) is 0.375. The second-order valence-electron chi connectivity index (χ2n) is 5.00. The number of nitrogens with zero attached hydrogens (tertiary/aromatic N) is 1. The Morgan fingerprint density at radius 3 is 2.90 bits per heavy atom. The maximum atomic E-state index is 12.2. The average molecular weight is 289 g/mol. The molecule has 0 aromatic heterocycles. The van der Waals surface area contributed by atoms with Gasteiger partial charge in [0.1, 0.15) is 5.75 Å². The fourth-order valence-corrected chi connectivity index (χ4v) is 2.60. The Morgan fingerprint density at radius 1 is 1.43 bits per heavy atom. The first kappa shape index (κ1) is 15.1. The fourth-order valence-electron chi connectivity index (χ4n) is 2.60. The Bertz CT molecular complexity index is 553. The van der Waals surface area contributed by atoms with Crippen LogP contribution in [0.25, 0.3) is 6.08 Å². The van der Waals surface area contributed by atoms with E-state index in [0.717, 1.165) is 18.4 Å². The summed E-state index contributed by atoms with van der Waals surface area (Å²) in [5.41, 5.74) is 0.822. The topological polar surface area (TPSA) is 66.8 Å². The van der Waals surface area contributed by atoms with E-state index >= 15 is 0 Å². The van der Waals surface area contributed by atoms with Crippen molar-refractivity contribution in [2.24, 2.45) is 0 Å². The van der Waals surface area contributed by atoms with Crippen LogP contribution >= 0.6 is 0 Å². The number of ether oxygens (including phenoxy) is 1. The van der Waals surface area contributed by atoms with E-state index in [-0.39, 0.29) is 18.4 Å². The predicted octanol–water partition coefficient (Wildman–Crippen LogP) is 2.17. The van der Waals surface area contributed by atoms with Crippen molar-refractivity contribution in [2.45, 2.75) is 25.3 Å². The van der Waals surface area contributed by atoms with Gasteiger partial charge in [-0.2, -0.15) is 0 Å². The third-order valence-corrected chi connectivity index (χ3v) is 3.61. The number of likely N-dealkylation sites (tertiary alicyclic amines) is 1. The number of carboxylic acids is 1. The summed E-state index contributed by atoms with van der Waals surface area (Å²) in [7, 11) is 1.58. The standard InChI is InChI=1S/C16H19NO4/c1-21-14-7-3-2-5-12(14)8-9-15(18)17-10-4-6-13(17)11-16(19)20/h2-3,5,7-9,13H,4,6,10-11H2,1H3,(H,19,20). The van der Waals surface area contributed by atoms with Crippen molar-refractivity contribution < 1.29 is 19.4 Å². The third kappa shape index (κ3) is 3.84. The summed E-state index contributed by atoms with van der Waals surface area (Å²) in [6.07, 6.45) is 4.80. The minimum absolute atomic E-state index is 0.00817. The lowest BCUT2D eigenvalue weighted by atomic mass is 10.1. The first-order valence-corrected chi connectivity index (χ1v) is 6.95. The molecule has 21 heavy (non-hydrogen) atoms. The Hall–Kier alpha value is -2.30. The lowest BCUT2D eigenvalue weighted by Gasteiger charge is -2.21. The molecule has 1 aliphatic heterocycles. The van der Waals surface area contributed by atoms with Gasteiger partial charge < -0.3 is 14.7 Å². The van der Waals surface area contributed by atoms with E-state index in [4.69, 9.17) is 9.84 Å². The van der Waals surface area contributed by atoms with Gasteiger partial charge in [-0.05, 0) is 25.0 Å². The summed E-state index contributed by atoms with van der Waals surface area (Å²) in [5, 5.41) is 8.88.